The molecule has 2 heterocycles. The second-order valence-electron chi connectivity index (χ2n) is 6.80. The van der Waals surface area contributed by atoms with Gasteiger partial charge in [-0.05, 0) is 51.6 Å². The molecule has 0 spiro atoms. The Bertz CT molecular complexity index is 342. The van der Waals surface area contributed by atoms with Crippen LogP contribution in [0.4, 0.5) is 0 Å². The zero-order valence-electron chi connectivity index (χ0n) is 12.7. The van der Waals surface area contributed by atoms with Crippen LogP contribution in [0, 0.1) is 11.3 Å². The summed E-state index contributed by atoms with van der Waals surface area (Å²) in [5, 5.41) is 3.39. The molecule has 4 heteroatoms. The van der Waals surface area contributed by atoms with E-state index in [0.29, 0.717) is 17.9 Å². The van der Waals surface area contributed by atoms with E-state index in [1.54, 1.807) is 0 Å². The van der Waals surface area contributed by atoms with Crippen molar-refractivity contribution in [2.45, 2.75) is 51.5 Å². The summed E-state index contributed by atoms with van der Waals surface area (Å²) in [4.78, 5) is 15.4. The number of carbonyl (C=O) groups is 1. The number of nitrogens with one attached hydrogen (secondary N) is 1. The first-order chi connectivity index (χ1) is 9.75. The van der Waals surface area contributed by atoms with Crippen molar-refractivity contribution >= 4 is 5.91 Å². The van der Waals surface area contributed by atoms with Crippen LogP contribution in [0.3, 0.4) is 0 Å². The van der Waals surface area contributed by atoms with E-state index < -0.39 is 0 Å². The van der Waals surface area contributed by atoms with Crippen LogP contribution < -0.4 is 5.32 Å². The minimum Gasteiger partial charge on any atom is -0.381 e. The van der Waals surface area contributed by atoms with Crippen molar-refractivity contribution < 1.29 is 9.53 Å². The summed E-state index contributed by atoms with van der Waals surface area (Å²) in [6, 6.07) is 0.529. The van der Waals surface area contributed by atoms with Crippen LogP contribution in [0.15, 0.2) is 0 Å². The number of amides is 1. The van der Waals surface area contributed by atoms with E-state index in [0.717, 1.165) is 58.5 Å². The molecule has 0 bridgehead atoms. The molecule has 4 nitrogen and oxygen atoms in total. The fraction of sp³-hybridized carbons (Fsp3) is 0.938. The van der Waals surface area contributed by atoms with Gasteiger partial charge in [-0.15, -0.1) is 0 Å². The maximum Gasteiger partial charge on any atom is 0.229 e. The summed E-state index contributed by atoms with van der Waals surface area (Å²) in [7, 11) is 0. The lowest BCUT2D eigenvalue weighted by Gasteiger charge is -2.40. The number of carbonyl (C=O) groups excluding carboxylic acids is 1. The number of ether oxygens (including phenoxy) is 1. The van der Waals surface area contributed by atoms with Gasteiger partial charge in [-0.3, -0.25) is 4.79 Å². The zero-order valence-corrected chi connectivity index (χ0v) is 12.7. The highest BCUT2D eigenvalue weighted by atomic mass is 16.5. The lowest BCUT2D eigenvalue weighted by molar-refractivity contribution is -0.145. The van der Waals surface area contributed by atoms with E-state index in [4.69, 9.17) is 4.74 Å². The molecule has 1 N–H and O–H groups in total. The van der Waals surface area contributed by atoms with Gasteiger partial charge >= 0.3 is 0 Å². The number of hydrogen-bond donors (Lipinski definition) is 1. The summed E-state index contributed by atoms with van der Waals surface area (Å²) < 4.78 is 5.49. The zero-order chi connectivity index (χ0) is 14.0. The SMILES string of the molecule is CCC1(C(=O)N(CC2CCOC2)C2CC2)CCNCC1. The number of hydrogen-bond acceptors (Lipinski definition) is 3. The summed E-state index contributed by atoms with van der Waals surface area (Å²) in [6.45, 7) is 6.82. The molecule has 0 aromatic carbocycles. The Morgan fingerprint density at radius 2 is 2.05 bits per heavy atom. The molecule has 20 heavy (non-hydrogen) atoms. The Kier molecular flexibility index (Phi) is 4.32. The molecule has 1 amide bonds. The highest BCUT2D eigenvalue weighted by Crippen LogP contribution is 2.39. The van der Waals surface area contributed by atoms with E-state index in [1.807, 2.05) is 0 Å². The van der Waals surface area contributed by atoms with Crippen LogP contribution >= 0.6 is 0 Å². The minimum atomic E-state index is -0.0900. The van der Waals surface area contributed by atoms with Gasteiger partial charge in [0.25, 0.3) is 0 Å². The van der Waals surface area contributed by atoms with Crippen LogP contribution in [0.2, 0.25) is 0 Å². The van der Waals surface area contributed by atoms with Gasteiger partial charge in [-0.25, -0.2) is 0 Å². The Balaban J connectivity index is 1.70. The maximum absolute atomic E-state index is 13.2. The molecule has 2 saturated heterocycles. The van der Waals surface area contributed by atoms with Crippen LogP contribution in [0.1, 0.15) is 45.4 Å². The molecular formula is C16H28N2O2. The monoisotopic (exact) mass is 280 g/mol. The summed E-state index contributed by atoms with van der Waals surface area (Å²) in [5.74, 6) is 1.01. The Morgan fingerprint density at radius 3 is 2.60 bits per heavy atom. The van der Waals surface area contributed by atoms with Crippen LogP contribution in [-0.2, 0) is 9.53 Å². The van der Waals surface area contributed by atoms with E-state index in [1.165, 1.54) is 12.8 Å². The molecule has 3 rings (SSSR count). The standard InChI is InChI=1S/C16H28N2O2/c1-2-16(6-8-17-9-7-16)15(19)18(14-3-4-14)11-13-5-10-20-12-13/h13-14,17H,2-12H2,1H3. The number of rotatable bonds is 5. The molecule has 1 unspecified atom stereocenters. The Hall–Kier alpha value is -0.610. The van der Waals surface area contributed by atoms with Gasteiger partial charge < -0.3 is 15.0 Å². The molecule has 3 aliphatic rings. The predicted molar refractivity (Wildman–Crippen MR) is 78.5 cm³/mol. The van der Waals surface area contributed by atoms with Crippen molar-refractivity contribution in [1.29, 1.82) is 0 Å². The first-order valence-electron chi connectivity index (χ1n) is 8.35. The fourth-order valence-corrected chi connectivity index (χ4v) is 3.72. The average Bonchev–Trinajstić information content (AvgIpc) is 3.21. The number of piperidine rings is 1. The van der Waals surface area contributed by atoms with E-state index >= 15 is 0 Å². The quantitative estimate of drug-likeness (QED) is 0.835. The lowest BCUT2D eigenvalue weighted by atomic mass is 9.75. The van der Waals surface area contributed by atoms with Crippen LogP contribution in [-0.4, -0.2) is 49.7 Å². The first-order valence-corrected chi connectivity index (χ1v) is 8.35. The molecule has 2 aliphatic heterocycles. The van der Waals surface area contributed by atoms with Gasteiger partial charge in [0, 0.05) is 25.1 Å². The first kappa shape index (κ1) is 14.3. The third-order valence-electron chi connectivity index (χ3n) is 5.42. The van der Waals surface area contributed by atoms with Crippen LogP contribution in [0.5, 0.6) is 0 Å². The van der Waals surface area contributed by atoms with Gasteiger partial charge in [0.15, 0.2) is 0 Å². The molecule has 0 aromatic rings. The van der Waals surface area contributed by atoms with Crippen molar-refractivity contribution in [3.8, 4) is 0 Å². The van der Waals surface area contributed by atoms with E-state index in [2.05, 4.69) is 17.1 Å². The molecule has 0 radical (unpaired) electrons. The topological polar surface area (TPSA) is 41.6 Å². The minimum absolute atomic E-state index is 0.0900. The molecule has 0 aromatic heterocycles. The van der Waals surface area contributed by atoms with Gasteiger partial charge in [-0.1, -0.05) is 6.92 Å². The van der Waals surface area contributed by atoms with Crippen molar-refractivity contribution in [1.82, 2.24) is 10.2 Å². The van der Waals surface area contributed by atoms with Crippen LogP contribution in [0.25, 0.3) is 0 Å². The molecule has 1 atom stereocenters. The number of nitrogens with zero attached hydrogens (tertiary/aromatic N) is 1. The van der Waals surface area contributed by atoms with Crippen molar-refractivity contribution in [3.05, 3.63) is 0 Å². The molecular weight excluding hydrogens is 252 g/mol. The second kappa shape index (κ2) is 6.02. The van der Waals surface area contributed by atoms with E-state index in [-0.39, 0.29) is 5.41 Å². The molecule has 114 valence electrons. The largest absolute Gasteiger partial charge is 0.381 e. The van der Waals surface area contributed by atoms with Crippen molar-refractivity contribution in [3.63, 3.8) is 0 Å². The van der Waals surface area contributed by atoms with Crippen molar-refractivity contribution in [2.75, 3.05) is 32.8 Å². The highest BCUT2D eigenvalue weighted by Gasteiger charge is 2.45. The van der Waals surface area contributed by atoms with Gasteiger partial charge in [0.2, 0.25) is 5.91 Å². The third-order valence-corrected chi connectivity index (χ3v) is 5.42. The lowest BCUT2D eigenvalue weighted by Crippen LogP contribution is -2.51. The second-order valence-corrected chi connectivity index (χ2v) is 6.80. The third kappa shape index (κ3) is 2.86. The predicted octanol–water partition coefficient (Wildman–Crippen LogP) is 1.79. The summed E-state index contributed by atoms with van der Waals surface area (Å²) in [5.41, 5.74) is -0.0900. The van der Waals surface area contributed by atoms with Gasteiger partial charge in [0.05, 0.1) is 12.0 Å². The van der Waals surface area contributed by atoms with Gasteiger partial charge in [0.1, 0.15) is 0 Å². The normalized spacial score (nSPS) is 29.4. The molecule has 3 fully saturated rings. The molecule has 1 aliphatic carbocycles. The smallest absolute Gasteiger partial charge is 0.229 e. The molecule has 1 saturated carbocycles. The summed E-state index contributed by atoms with van der Waals surface area (Å²) in [6.07, 6.45) is 6.53. The average molecular weight is 280 g/mol. The van der Waals surface area contributed by atoms with Crippen molar-refractivity contribution in [2.24, 2.45) is 11.3 Å². The highest BCUT2D eigenvalue weighted by molar-refractivity contribution is 5.83. The maximum atomic E-state index is 13.2. The fourth-order valence-electron chi connectivity index (χ4n) is 3.72. The van der Waals surface area contributed by atoms with Gasteiger partial charge in [-0.2, -0.15) is 0 Å². The van der Waals surface area contributed by atoms with E-state index in [9.17, 15) is 4.79 Å². The Labute approximate surface area is 122 Å². The summed E-state index contributed by atoms with van der Waals surface area (Å²) >= 11 is 0. The Morgan fingerprint density at radius 1 is 1.30 bits per heavy atom.